The first-order chi connectivity index (χ1) is 9.68. The molecule has 0 aliphatic carbocycles. The number of benzene rings is 2. The summed E-state index contributed by atoms with van der Waals surface area (Å²) >= 11 is 5.95. The average Bonchev–Trinajstić information content (AvgIpc) is 2.36. The van der Waals surface area contributed by atoms with Gasteiger partial charge < -0.3 is 10.5 Å². The summed E-state index contributed by atoms with van der Waals surface area (Å²) in [6.07, 6.45) is -4.45. The topological polar surface area (TPSA) is 35.2 Å². The monoisotopic (exact) mass is 427 g/mol. The van der Waals surface area contributed by atoms with E-state index in [1.54, 1.807) is 0 Å². The minimum absolute atomic E-state index is 0.0103. The molecule has 0 heterocycles. The number of anilines is 1. The van der Waals surface area contributed by atoms with Gasteiger partial charge in [0.05, 0.1) is 20.2 Å². The maximum Gasteiger partial charge on any atom is 0.416 e. The van der Waals surface area contributed by atoms with E-state index in [-0.39, 0.29) is 26.1 Å². The molecule has 0 saturated carbocycles. The van der Waals surface area contributed by atoms with Gasteiger partial charge in [0, 0.05) is 6.07 Å². The second kappa shape index (κ2) is 5.84. The van der Waals surface area contributed by atoms with Crippen molar-refractivity contribution < 1.29 is 22.3 Å². The second-order valence-electron chi connectivity index (χ2n) is 4.05. The summed E-state index contributed by atoms with van der Waals surface area (Å²) in [5, 5.41) is 0. The maximum absolute atomic E-state index is 13.4. The van der Waals surface area contributed by atoms with Gasteiger partial charge in [-0.2, -0.15) is 13.2 Å². The smallest absolute Gasteiger partial charge is 0.416 e. The molecule has 21 heavy (non-hydrogen) atoms. The zero-order chi connectivity index (χ0) is 15.8. The molecule has 0 saturated heterocycles. The normalized spacial score (nSPS) is 11.5. The Morgan fingerprint density at radius 2 is 1.62 bits per heavy atom. The van der Waals surface area contributed by atoms with Crippen LogP contribution in [-0.4, -0.2) is 0 Å². The highest BCUT2D eigenvalue weighted by Gasteiger charge is 2.31. The summed E-state index contributed by atoms with van der Waals surface area (Å²) in [7, 11) is 0. The van der Waals surface area contributed by atoms with Gasteiger partial charge in [-0.15, -0.1) is 0 Å². The summed E-state index contributed by atoms with van der Waals surface area (Å²) < 4.78 is 56.7. The van der Waals surface area contributed by atoms with Crippen molar-refractivity contribution in [1.29, 1.82) is 0 Å². The van der Waals surface area contributed by atoms with Gasteiger partial charge in [0.1, 0.15) is 11.6 Å². The van der Waals surface area contributed by atoms with E-state index in [0.29, 0.717) is 0 Å². The summed E-state index contributed by atoms with van der Waals surface area (Å²) in [5.74, 6) is -0.491. The molecule has 0 bridgehead atoms. The third-order valence-electron chi connectivity index (χ3n) is 2.53. The summed E-state index contributed by atoms with van der Waals surface area (Å²) in [5.41, 5.74) is 5.00. The maximum atomic E-state index is 13.4. The highest BCUT2D eigenvalue weighted by atomic mass is 79.9. The zero-order valence-corrected chi connectivity index (χ0v) is 13.3. The molecule has 2 nitrogen and oxygen atoms in total. The Balaban J connectivity index is 2.35. The first-order valence-electron chi connectivity index (χ1n) is 5.47. The van der Waals surface area contributed by atoms with Crippen molar-refractivity contribution in [1.82, 2.24) is 0 Å². The van der Waals surface area contributed by atoms with Crippen LogP contribution in [0.3, 0.4) is 0 Å². The van der Waals surface area contributed by atoms with Gasteiger partial charge in [-0.05, 0) is 56.1 Å². The van der Waals surface area contributed by atoms with Crippen LogP contribution in [0.4, 0.5) is 23.2 Å². The summed E-state index contributed by atoms with van der Waals surface area (Å²) in [6.45, 7) is 0. The van der Waals surface area contributed by atoms with Crippen molar-refractivity contribution in [2.24, 2.45) is 0 Å². The number of nitrogens with two attached hydrogens (primary N) is 1. The molecule has 0 amide bonds. The third kappa shape index (κ3) is 3.68. The Morgan fingerprint density at radius 3 is 2.19 bits per heavy atom. The van der Waals surface area contributed by atoms with Gasteiger partial charge in [0.25, 0.3) is 0 Å². The van der Waals surface area contributed by atoms with Gasteiger partial charge in [0.15, 0.2) is 5.75 Å². The van der Waals surface area contributed by atoms with Crippen molar-refractivity contribution >= 4 is 37.5 Å². The van der Waals surface area contributed by atoms with Crippen LogP contribution in [0.15, 0.2) is 39.3 Å². The fourth-order valence-electron chi connectivity index (χ4n) is 1.51. The fourth-order valence-corrected chi connectivity index (χ4v) is 2.33. The Bertz CT molecular complexity index is 689. The Labute approximate surface area is 134 Å². The van der Waals surface area contributed by atoms with Crippen molar-refractivity contribution in [3.8, 4) is 11.5 Å². The molecule has 2 N–H and O–H groups in total. The summed E-state index contributed by atoms with van der Waals surface area (Å²) in [6, 6.07) is 5.23. The molecule has 2 rings (SSSR count). The van der Waals surface area contributed by atoms with Gasteiger partial charge in [-0.1, -0.05) is 0 Å². The van der Waals surface area contributed by atoms with Crippen LogP contribution in [0.5, 0.6) is 11.5 Å². The van der Waals surface area contributed by atoms with Crippen molar-refractivity contribution in [3.05, 3.63) is 50.7 Å². The average molecular weight is 429 g/mol. The number of hydrogen-bond donors (Lipinski definition) is 1. The minimum Gasteiger partial charge on any atom is -0.454 e. The second-order valence-corrected chi connectivity index (χ2v) is 5.76. The van der Waals surface area contributed by atoms with Crippen molar-refractivity contribution in [3.63, 3.8) is 0 Å². The standard InChI is InChI=1S/C13H7Br2F4NO/c14-7-4-10(20)12(5-9(7)16)21-11-2-1-6(3-8(11)15)13(17,18)19/h1-5H,20H2. The van der Waals surface area contributed by atoms with Crippen LogP contribution >= 0.6 is 31.9 Å². The van der Waals surface area contributed by atoms with E-state index in [1.165, 1.54) is 6.07 Å². The predicted octanol–water partition coefficient (Wildman–Crippen LogP) is 5.74. The number of nitrogen functional groups attached to an aromatic ring is 1. The fraction of sp³-hybridized carbons (Fsp3) is 0.0769. The van der Waals surface area contributed by atoms with E-state index >= 15 is 0 Å². The van der Waals surface area contributed by atoms with Crippen LogP contribution in [-0.2, 0) is 6.18 Å². The lowest BCUT2D eigenvalue weighted by molar-refractivity contribution is -0.137. The molecular formula is C13H7Br2F4NO. The first kappa shape index (κ1) is 16.1. The third-order valence-corrected chi connectivity index (χ3v) is 3.76. The molecule has 0 aromatic heterocycles. The lowest BCUT2D eigenvalue weighted by Crippen LogP contribution is -2.04. The van der Waals surface area contributed by atoms with E-state index in [1.807, 2.05) is 0 Å². The van der Waals surface area contributed by atoms with E-state index in [4.69, 9.17) is 10.5 Å². The lowest BCUT2D eigenvalue weighted by atomic mass is 10.2. The number of halogens is 6. The van der Waals surface area contributed by atoms with Crippen molar-refractivity contribution in [2.75, 3.05) is 5.73 Å². The predicted molar refractivity (Wildman–Crippen MR) is 77.7 cm³/mol. The zero-order valence-electron chi connectivity index (χ0n) is 10.1. The van der Waals surface area contributed by atoms with Crippen LogP contribution < -0.4 is 10.5 Å². The number of alkyl halides is 3. The Morgan fingerprint density at radius 1 is 0.952 bits per heavy atom. The van der Waals surface area contributed by atoms with Crippen LogP contribution in [0.2, 0.25) is 0 Å². The molecule has 0 aliphatic heterocycles. The van der Waals surface area contributed by atoms with Gasteiger partial charge in [-0.3, -0.25) is 0 Å². The molecule has 2 aromatic carbocycles. The number of hydrogen-bond acceptors (Lipinski definition) is 2. The largest absolute Gasteiger partial charge is 0.454 e. The molecular weight excluding hydrogens is 422 g/mol. The first-order valence-corrected chi connectivity index (χ1v) is 7.06. The number of rotatable bonds is 2. The minimum atomic E-state index is -4.45. The molecule has 8 heteroatoms. The van der Waals surface area contributed by atoms with Gasteiger partial charge in [0.2, 0.25) is 0 Å². The van der Waals surface area contributed by atoms with Crippen LogP contribution in [0.1, 0.15) is 5.56 Å². The van der Waals surface area contributed by atoms with Gasteiger partial charge in [-0.25, -0.2) is 4.39 Å². The molecule has 0 aliphatic rings. The highest BCUT2D eigenvalue weighted by Crippen LogP contribution is 2.38. The molecule has 0 fully saturated rings. The van der Waals surface area contributed by atoms with E-state index < -0.39 is 17.6 Å². The molecule has 0 radical (unpaired) electrons. The van der Waals surface area contributed by atoms with Crippen LogP contribution in [0.25, 0.3) is 0 Å². The molecule has 112 valence electrons. The summed E-state index contributed by atoms with van der Waals surface area (Å²) in [4.78, 5) is 0. The molecule has 2 aromatic rings. The van der Waals surface area contributed by atoms with E-state index in [9.17, 15) is 17.6 Å². The van der Waals surface area contributed by atoms with Gasteiger partial charge >= 0.3 is 6.18 Å². The number of ether oxygens (including phenoxy) is 1. The quantitative estimate of drug-likeness (QED) is 0.488. The lowest BCUT2D eigenvalue weighted by Gasteiger charge is -2.13. The Kier molecular flexibility index (Phi) is 4.48. The molecule has 0 unspecified atom stereocenters. The molecule has 0 spiro atoms. The van der Waals surface area contributed by atoms with Crippen LogP contribution in [0, 0.1) is 5.82 Å². The highest BCUT2D eigenvalue weighted by molar-refractivity contribution is 9.10. The van der Waals surface area contributed by atoms with E-state index in [2.05, 4.69) is 31.9 Å². The Hall–Kier alpha value is -1.28. The SMILES string of the molecule is Nc1cc(Br)c(F)cc1Oc1ccc(C(F)(F)F)cc1Br. The molecule has 0 atom stereocenters. The van der Waals surface area contributed by atoms with Crippen molar-refractivity contribution in [2.45, 2.75) is 6.18 Å². The van der Waals surface area contributed by atoms with E-state index in [0.717, 1.165) is 24.3 Å².